The van der Waals surface area contributed by atoms with Crippen LogP contribution >= 0.6 is 12.4 Å². The Morgan fingerprint density at radius 3 is 2.88 bits per heavy atom. The summed E-state index contributed by atoms with van der Waals surface area (Å²) in [4.78, 5) is 0. The number of halogens is 1. The third-order valence-electron chi connectivity index (χ3n) is 2.74. The molecule has 90 valence electrons. The van der Waals surface area contributed by atoms with Crippen LogP contribution in [0.4, 0.5) is 5.82 Å². The molecule has 0 bridgehead atoms. The van der Waals surface area contributed by atoms with Crippen molar-refractivity contribution < 1.29 is 0 Å². The molecule has 16 heavy (non-hydrogen) atoms. The lowest BCUT2D eigenvalue weighted by Crippen LogP contribution is -2.39. The maximum absolute atomic E-state index is 4.07. The predicted molar refractivity (Wildman–Crippen MR) is 68.1 cm³/mol. The summed E-state index contributed by atoms with van der Waals surface area (Å²) in [5.41, 5.74) is 0.955. The number of piperidine rings is 1. The highest BCUT2D eigenvalue weighted by Crippen LogP contribution is 2.08. The van der Waals surface area contributed by atoms with Gasteiger partial charge in [0.05, 0.1) is 5.69 Å². The Hall–Kier alpha value is -0.870. The van der Waals surface area contributed by atoms with Gasteiger partial charge in [0.25, 0.3) is 0 Å². The van der Waals surface area contributed by atoms with Crippen molar-refractivity contribution in [1.29, 1.82) is 0 Å². The molecule has 2 heterocycles. The molecule has 1 saturated heterocycles. The van der Waals surface area contributed by atoms with Gasteiger partial charge in [0.15, 0.2) is 0 Å². The third kappa shape index (κ3) is 3.94. The Balaban J connectivity index is 0.00000128. The summed E-state index contributed by atoms with van der Waals surface area (Å²) in [7, 11) is 0. The van der Waals surface area contributed by atoms with E-state index >= 15 is 0 Å². The van der Waals surface area contributed by atoms with Gasteiger partial charge in [-0.3, -0.25) is 0 Å². The van der Waals surface area contributed by atoms with Gasteiger partial charge in [0.1, 0.15) is 5.82 Å². The van der Waals surface area contributed by atoms with Crippen LogP contribution in [0.3, 0.4) is 0 Å². The number of nitrogens with zero attached hydrogens (tertiary/aromatic N) is 2. The van der Waals surface area contributed by atoms with Gasteiger partial charge >= 0.3 is 0 Å². The van der Waals surface area contributed by atoms with Gasteiger partial charge in [-0.15, -0.1) is 17.5 Å². The molecule has 2 rings (SSSR count). The van der Waals surface area contributed by atoms with Gasteiger partial charge in [0.2, 0.25) is 0 Å². The molecule has 4 nitrogen and oxygen atoms in total. The number of hydrogen-bond donors (Lipinski definition) is 2. The van der Waals surface area contributed by atoms with E-state index in [1.807, 2.05) is 19.1 Å². The Morgan fingerprint density at radius 1 is 1.38 bits per heavy atom. The molecular formula is C11H19ClN4. The van der Waals surface area contributed by atoms with E-state index in [9.17, 15) is 0 Å². The molecule has 1 aliphatic heterocycles. The van der Waals surface area contributed by atoms with E-state index in [0.717, 1.165) is 24.6 Å². The molecule has 5 heteroatoms. The van der Waals surface area contributed by atoms with E-state index < -0.39 is 0 Å². The van der Waals surface area contributed by atoms with E-state index in [2.05, 4.69) is 20.8 Å². The van der Waals surface area contributed by atoms with E-state index in [1.54, 1.807) is 0 Å². The maximum atomic E-state index is 4.07. The highest BCUT2D eigenvalue weighted by molar-refractivity contribution is 5.85. The van der Waals surface area contributed by atoms with E-state index in [1.165, 1.54) is 19.3 Å². The third-order valence-corrected chi connectivity index (χ3v) is 2.74. The molecule has 2 N–H and O–H groups in total. The fraction of sp³-hybridized carbons (Fsp3) is 0.636. The summed E-state index contributed by atoms with van der Waals surface area (Å²) >= 11 is 0. The summed E-state index contributed by atoms with van der Waals surface area (Å²) in [6.45, 7) is 4.03. The zero-order valence-electron chi connectivity index (χ0n) is 9.57. The summed E-state index contributed by atoms with van der Waals surface area (Å²) in [5, 5.41) is 14.9. The molecule has 1 aromatic heterocycles. The topological polar surface area (TPSA) is 49.8 Å². The minimum atomic E-state index is 0. The highest BCUT2D eigenvalue weighted by Gasteiger charge is 2.11. The molecule has 1 aliphatic rings. The van der Waals surface area contributed by atoms with Crippen molar-refractivity contribution in [3.8, 4) is 0 Å². The second kappa shape index (κ2) is 6.66. The maximum Gasteiger partial charge on any atom is 0.148 e. The summed E-state index contributed by atoms with van der Waals surface area (Å²) in [6.07, 6.45) is 3.89. The lowest BCUT2D eigenvalue weighted by atomic mass is 10.1. The number of aryl methyl sites for hydroxylation is 1. The zero-order chi connectivity index (χ0) is 10.5. The lowest BCUT2D eigenvalue weighted by Gasteiger charge is -2.23. The minimum absolute atomic E-state index is 0. The molecular weight excluding hydrogens is 224 g/mol. The minimum Gasteiger partial charge on any atom is -0.367 e. The van der Waals surface area contributed by atoms with Gasteiger partial charge in [0, 0.05) is 12.6 Å². The van der Waals surface area contributed by atoms with Crippen LogP contribution in [0.5, 0.6) is 0 Å². The largest absolute Gasteiger partial charge is 0.367 e. The monoisotopic (exact) mass is 242 g/mol. The second-order valence-corrected chi connectivity index (χ2v) is 4.09. The predicted octanol–water partition coefficient (Wildman–Crippen LogP) is 1.76. The second-order valence-electron chi connectivity index (χ2n) is 4.09. The summed E-state index contributed by atoms with van der Waals surface area (Å²) in [5.74, 6) is 0.868. The standard InChI is InChI=1S/C11H18N4.ClH/c1-9-5-6-11(15-14-9)13-8-10-4-2-3-7-12-10;/h5-6,10,12H,2-4,7-8H2,1H3,(H,13,15);1H. The van der Waals surface area contributed by atoms with Gasteiger partial charge < -0.3 is 10.6 Å². The molecule has 0 spiro atoms. The molecule has 0 saturated carbocycles. The van der Waals surface area contributed by atoms with Gasteiger partial charge in [-0.25, -0.2) is 0 Å². The van der Waals surface area contributed by atoms with E-state index in [4.69, 9.17) is 0 Å². The average molecular weight is 243 g/mol. The van der Waals surface area contributed by atoms with Crippen molar-refractivity contribution in [1.82, 2.24) is 15.5 Å². The Morgan fingerprint density at radius 2 is 2.25 bits per heavy atom. The van der Waals surface area contributed by atoms with Gasteiger partial charge in [-0.05, 0) is 38.4 Å². The van der Waals surface area contributed by atoms with Crippen LogP contribution in [0.15, 0.2) is 12.1 Å². The first kappa shape index (κ1) is 13.2. The number of hydrogen-bond acceptors (Lipinski definition) is 4. The number of aromatic nitrogens is 2. The lowest BCUT2D eigenvalue weighted by molar-refractivity contribution is 0.414. The number of nitrogens with one attached hydrogen (secondary N) is 2. The molecule has 0 radical (unpaired) electrons. The molecule has 0 aliphatic carbocycles. The first-order chi connectivity index (χ1) is 7.34. The molecule has 1 atom stereocenters. The Kier molecular flexibility index (Phi) is 5.49. The zero-order valence-corrected chi connectivity index (χ0v) is 10.4. The normalized spacial score (nSPS) is 19.9. The first-order valence-electron chi connectivity index (χ1n) is 5.62. The van der Waals surface area contributed by atoms with Gasteiger partial charge in [-0.2, -0.15) is 5.10 Å². The fourth-order valence-electron chi connectivity index (χ4n) is 1.82. The summed E-state index contributed by atoms with van der Waals surface area (Å²) in [6, 6.07) is 4.54. The average Bonchev–Trinajstić information content (AvgIpc) is 2.30. The van der Waals surface area contributed by atoms with Crippen LogP contribution in [0.25, 0.3) is 0 Å². The quantitative estimate of drug-likeness (QED) is 0.848. The number of rotatable bonds is 3. The molecule has 0 aromatic carbocycles. The molecule has 1 aromatic rings. The molecule has 1 fully saturated rings. The van der Waals surface area contributed by atoms with Crippen molar-refractivity contribution in [3.63, 3.8) is 0 Å². The molecule has 0 amide bonds. The van der Waals surface area contributed by atoms with Crippen LogP contribution in [0, 0.1) is 6.92 Å². The van der Waals surface area contributed by atoms with Crippen LogP contribution < -0.4 is 10.6 Å². The summed E-state index contributed by atoms with van der Waals surface area (Å²) < 4.78 is 0. The van der Waals surface area contributed by atoms with Crippen molar-refractivity contribution in [3.05, 3.63) is 17.8 Å². The smallest absolute Gasteiger partial charge is 0.148 e. The van der Waals surface area contributed by atoms with Crippen molar-refractivity contribution in [2.24, 2.45) is 0 Å². The van der Waals surface area contributed by atoms with Crippen LogP contribution in [-0.4, -0.2) is 29.3 Å². The van der Waals surface area contributed by atoms with Crippen LogP contribution in [-0.2, 0) is 0 Å². The Bertz CT molecular complexity index is 295. The van der Waals surface area contributed by atoms with E-state index in [-0.39, 0.29) is 12.4 Å². The Labute approximate surface area is 103 Å². The SMILES string of the molecule is Cc1ccc(NCC2CCCCN2)nn1.Cl. The fourth-order valence-corrected chi connectivity index (χ4v) is 1.82. The van der Waals surface area contributed by atoms with Crippen LogP contribution in [0.2, 0.25) is 0 Å². The number of anilines is 1. The van der Waals surface area contributed by atoms with Crippen molar-refractivity contribution in [2.75, 3.05) is 18.4 Å². The van der Waals surface area contributed by atoms with Crippen LogP contribution in [0.1, 0.15) is 25.0 Å². The van der Waals surface area contributed by atoms with E-state index in [0.29, 0.717) is 6.04 Å². The van der Waals surface area contributed by atoms with Crippen molar-refractivity contribution >= 4 is 18.2 Å². The van der Waals surface area contributed by atoms with Crippen molar-refractivity contribution in [2.45, 2.75) is 32.2 Å². The first-order valence-corrected chi connectivity index (χ1v) is 5.62. The molecule has 1 unspecified atom stereocenters. The highest BCUT2D eigenvalue weighted by atomic mass is 35.5. The van der Waals surface area contributed by atoms with Gasteiger partial charge in [-0.1, -0.05) is 6.42 Å².